The largest absolute Gasteiger partial charge is 0.356 e. The van der Waals surface area contributed by atoms with E-state index in [-0.39, 0.29) is 5.69 Å². The Morgan fingerprint density at radius 2 is 1.92 bits per heavy atom. The number of aromatic nitrogens is 5. The minimum absolute atomic E-state index is 0.267. The number of hydrogen-bond acceptors (Lipinski definition) is 7. The van der Waals surface area contributed by atoms with Crippen LogP contribution in [0.15, 0.2) is 53.7 Å². The highest BCUT2D eigenvalue weighted by Crippen LogP contribution is 2.27. The standard InChI is InChI=1S/C29H39N9O/c39-29-37-27-21(18-24(36-27)11-14-31-22-8-12-30-13-9-22)19-38(29)25-6-4-20(5-7-25)26-3-1-2-23(35-26)10-15-32-28-33-16-17-34-28/h4-7,16-19,22-23,26,30-31,35H,1-3,8-15H2,(H2,32,33,34)(H,36,37,39)/t23-,26-/m0/s1. The fourth-order valence-electron chi connectivity index (χ4n) is 5.91. The van der Waals surface area contributed by atoms with E-state index < -0.39 is 0 Å². The van der Waals surface area contributed by atoms with Gasteiger partial charge in [0.2, 0.25) is 0 Å². The number of anilines is 1. The highest BCUT2D eigenvalue weighted by Gasteiger charge is 2.22. The predicted octanol–water partition coefficient (Wildman–Crippen LogP) is 3.01. The van der Waals surface area contributed by atoms with Crippen LogP contribution >= 0.6 is 0 Å². The molecule has 2 aliphatic rings. The summed E-state index contributed by atoms with van der Waals surface area (Å²) in [5, 5.41) is 15.2. The van der Waals surface area contributed by atoms with Crippen LogP contribution in [0.25, 0.3) is 16.7 Å². The molecule has 10 heteroatoms. The molecule has 6 N–H and O–H groups in total. The van der Waals surface area contributed by atoms with Crippen molar-refractivity contribution in [1.82, 2.24) is 40.5 Å². The highest BCUT2D eigenvalue weighted by atomic mass is 16.1. The predicted molar refractivity (Wildman–Crippen MR) is 154 cm³/mol. The normalized spacial score (nSPS) is 20.4. The third-order valence-corrected chi connectivity index (χ3v) is 8.07. The number of piperidine rings is 2. The van der Waals surface area contributed by atoms with Crippen LogP contribution in [0.1, 0.15) is 55.8 Å². The van der Waals surface area contributed by atoms with E-state index in [1.54, 1.807) is 10.8 Å². The van der Waals surface area contributed by atoms with Gasteiger partial charge in [-0.3, -0.25) is 4.57 Å². The molecule has 0 unspecified atom stereocenters. The van der Waals surface area contributed by atoms with Crippen LogP contribution in [-0.2, 0) is 6.42 Å². The van der Waals surface area contributed by atoms with Crippen LogP contribution in [-0.4, -0.2) is 62.8 Å². The number of H-pyrrole nitrogens is 2. The molecule has 0 spiro atoms. The van der Waals surface area contributed by atoms with Crippen molar-refractivity contribution >= 4 is 17.0 Å². The van der Waals surface area contributed by atoms with E-state index in [2.05, 4.69) is 59.4 Å². The van der Waals surface area contributed by atoms with Gasteiger partial charge in [-0.1, -0.05) is 18.6 Å². The third-order valence-electron chi connectivity index (χ3n) is 8.07. The molecule has 0 saturated carbocycles. The maximum Gasteiger partial charge on any atom is 0.354 e. The number of nitrogens with zero attached hydrogens (tertiary/aromatic N) is 3. The lowest BCUT2D eigenvalue weighted by Gasteiger charge is -2.31. The summed E-state index contributed by atoms with van der Waals surface area (Å²) in [6.45, 7) is 3.97. The van der Waals surface area contributed by atoms with Crippen LogP contribution in [0.3, 0.4) is 0 Å². The van der Waals surface area contributed by atoms with Gasteiger partial charge in [0.15, 0.2) is 5.95 Å². The zero-order valence-electron chi connectivity index (χ0n) is 22.4. The van der Waals surface area contributed by atoms with E-state index in [1.165, 1.54) is 31.2 Å². The minimum atomic E-state index is -0.267. The quantitative estimate of drug-likeness (QED) is 0.186. The fourth-order valence-corrected chi connectivity index (χ4v) is 5.91. The van der Waals surface area contributed by atoms with E-state index in [1.807, 2.05) is 24.5 Å². The molecule has 3 aromatic heterocycles. The smallest absolute Gasteiger partial charge is 0.354 e. The zero-order valence-corrected chi connectivity index (χ0v) is 22.4. The molecule has 10 nitrogen and oxygen atoms in total. The third kappa shape index (κ3) is 6.41. The second kappa shape index (κ2) is 12.1. The van der Waals surface area contributed by atoms with Gasteiger partial charge in [0.25, 0.3) is 0 Å². The molecule has 2 saturated heterocycles. The molecule has 2 aliphatic heterocycles. The highest BCUT2D eigenvalue weighted by molar-refractivity contribution is 5.75. The van der Waals surface area contributed by atoms with Gasteiger partial charge < -0.3 is 31.2 Å². The molecule has 0 amide bonds. The lowest BCUT2D eigenvalue weighted by atomic mass is 9.92. The molecular weight excluding hydrogens is 490 g/mol. The molecule has 0 bridgehead atoms. The molecule has 6 rings (SSSR count). The average molecular weight is 530 g/mol. The molecule has 39 heavy (non-hydrogen) atoms. The topological polar surface area (TPSA) is 127 Å². The van der Waals surface area contributed by atoms with E-state index in [0.29, 0.717) is 23.8 Å². The molecule has 2 fully saturated rings. The summed E-state index contributed by atoms with van der Waals surface area (Å²) in [7, 11) is 0. The summed E-state index contributed by atoms with van der Waals surface area (Å²) in [6.07, 6.45) is 13.3. The van der Waals surface area contributed by atoms with E-state index in [4.69, 9.17) is 0 Å². The lowest BCUT2D eigenvalue weighted by molar-refractivity contribution is 0.316. The Hall–Kier alpha value is -3.47. The number of imidazole rings is 1. The van der Waals surface area contributed by atoms with Gasteiger partial charge in [-0.25, -0.2) is 9.78 Å². The molecule has 0 aliphatic carbocycles. The minimum Gasteiger partial charge on any atom is -0.356 e. The van der Waals surface area contributed by atoms with Crippen LogP contribution in [0.5, 0.6) is 0 Å². The van der Waals surface area contributed by atoms with Crippen molar-refractivity contribution in [2.75, 3.05) is 31.5 Å². The maximum absolute atomic E-state index is 12.9. The van der Waals surface area contributed by atoms with Crippen molar-refractivity contribution in [2.45, 2.75) is 63.1 Å². The van der Waals surface area contributed by atoms with Gasteiger partial charge in [-0.15, -0.1) is 0 Å². The van der Waals surface area contributed by atoms with Crippen molar-refractivity contribution in [3.8, 4) is 5.69 Å². The molecule has 4 aromatic rings. The van der Waals surface area contributed by atoms with E-state index in [9.17, 15) is 4.79 Å². The van der Waals surface area contributed by atoms with Crippen molar-refractivity contribution in [1.29, 1.82) is 0 Å². The van der Waals surface area contributed by atoms with Gasteiger partial charge in [-0.05, 0) is 69.0 Å². The Morgan fingerprint density at radius 3 is 2.74 bits per heavy atom. The SMILES string of the molecule is O=c1nc2[nH]c(CCNC3CCNCC3)cc2cn1-c1ccc([C@@H]2CCC[C@@H](CCNc3ncc[nH]3)N2)cc1. The lowest BCUT2D eigenvalue weighted by Crippen LogP contribution is -2.40. The molecule has 2 atom stereocenters. The first-order chi connectivity index (χ1) is 19.2. The van der Waals surface area contributed by atoms with Gasteiger partial charge >= 0.3 is 5.69 Å². The van der Waals surface area contributed by atoms with Gasteiger partial charge in [0.1, 0.15) is 5.65 Å². The summed E-state index contributed by atoms with van der Waals surface area (Å²) in [5.41, 5.74) is 3.59. The first kappa shape index (κ1) is 25.8. The number of rotatable bonds is 10. The summed E-state index contributed by atoms with van der Waals surface area (Å²) in [6, 6.07) is 11.8. The van der Waals surface area contributed by atoms with Gasteiger partial charge in [-0.2, -0.15) is 4.98 Å². The summed E-state index contributed by atoms with van der Waals surface area (Å²) in [4.78, 5) is 27.9. The Kier molecular flexibility index (Phi) is 8.03. The van der Waals surface area contributed by atoms with Gasteiger partial charge in [0.05, 0.1) is 5.69 Å². The van der Waals surface area contributed by atoms with Crippen molar-refractivity contribution in [3.05, 3.63) is 70.7 Å². The van der Waals surface area contributed by atoms with E-state index >= 15 is 0 Å². The summed E-state index contributed by atoms with van der Waals surface area (Å²) < 4.78 is 1.65. The Morgan fingerprint density at radius 1 is 1.05 bits per heavy atom. The number of hydrogen-bond donors (Lipinski definition) is 6. The van der Waals surface area contributed by atoms with Crippen molar-refractivity contribution in [2.24, 2.45) is 0 Å². The van der Waals surface area contributed by atoms with Crippen LogP contribution in [0.4, 0.5) is 5.95 Å². The van der Waals surface area contributed by atoms with Crippen LogP contribution < -0.4 is 27.0 Å². The first-order valence-electron chi connectivity index (χ1n) is 14.4. The summed E-state index contributed by atoms with van der Waals surface area (Å²) >= 11 is 0. The van der Waals surface area contributed by atoms with Crippen molar-refractivity contribution < 1.29 is 0 Å². The van der Waals surface area contributed by atoms with Gasteiger partial charge in [0, 0.05) is 67.3 Å². The van der Waals surface area contributed by atoms with Crippen molar-refractivity contribution in [3.63, 3.8) is 0 Å². The second-order valence-electron chi connectivity index (χ2n) is 10.8. The fraction of sp³-hybridized carbons (Fsp3) is 0.483. The molecule has 5 heterocycles. The Bertz CT molecular complexity index is 1390. The monoisotopic (exact) mass is 529 g/mol. The number of fused-ring (bicyclic) bond motifs is 1. The zero-order chi connectivity index (χ0) is 26.4. The van der Waals surface area contributed by atoms with Crippen LogP contribution in [0.2, 0.25) is 0 Å². The number of benzene rings is 1. The number of nitrogens with one attached hydrogen (secondary N) is 6. The van der Waals surface area contributed by atoms with Crippen LogP contribution in [0, 0.1) is 0 Å². The number of aromatic amines is 2. The maximum atomic E-state index is 12.9. The molecule has 1 aromatic carbocycles. The first-order valence-corrected chi connectivity index (χ1v) is 14.4. The Labute approximate surface area is 228 Å². The summed E-state index contributed by atoms with van der Waals surface area (Å²) in [5.74, 6) is 0.821. The average Bonchev–Trinajstić information content (AvgIpc) is 3.63. The molecule has 0 radical (unpaired) electrons. The molecule has 206 valence electrons. The second-order valence-corrected chi connectivity index (χ2v) is 10.8. The van der Waals surface area contributed by atoms with E-state index in [0.717, 1.165) is 68.2 Å². The molecular formula is C29H39N9O. The Balaban J connectivity index is 1.07.